The molecule has 118 valence electrons. The van der Waals surface area contributed by atoms with Gasteiger partial charge < -0.3 is 0 Å². The molecule has 21 heavy (non-hydrogen) atoms. The zero-order valence-corrected chi connectivity index (χ0v) is 14.1. The Morgan fingerprint density at radius 3 is 2.67 bits per heavy atom. The molecule has 1 aromatic rings. The van der Waals surface area contributed by atoms with Crippen molar-refractivity contribution in [2.75, 3.05) is 0 Å². The quantitative estimate of drug-likeness (QED) is 0.664. The fraction of sp³-hybridized carbons (Fsp3) is 0.667. The largest absolute Gasteiger partial charge is 0.300 e. The van der Waals surface area contributed by atoms with Crippen LogP contribution < -0.4 is 4.72 Å². The minimum absolute atomic E-state index is 0.107. The zero-order valence-electron chi connectivity index (χ0n) is 11.7. The Morgan fingerprint density at radius 1 is 1.43 bits per heavy atom. The third-order valence-corrected chi connectivity index (χ3v) is 7.42. The van der Waals surface area contributed by atoms with E-state index in [1.54, 1.807) is 0 Å². The number of nitrogens with zero attached hydrogens (tertiary/aromatic N) is 1. The number of sulfonamides is 1. The monoisotopic (exact) mass is 352 g/mol. The van der Waals surface area contributed by atoms with Crippen LogP contribution in [-0.4, -0.2) is 19.4 Å². The normalized spacial score (nSPS) is 26.7. The number of halogens is 1. The molecule has 9 heteroatoms. The Kier molecular flexibility index (Phi) is 4.92. The number of nitrogens with one attached hydrogen (secondary N) is 1. The van der Waals surface area contributed by atoms with E-state index in [0.29, 0.717) is 17.3 Å². The highest BCUT2D eigenvalue weighted by Crippen LogP contribution is 2.37. The molecule has 1 aliphatic carbocycles. The predicted molar refractivity (Wildman–Crippen MR) is 82.3 cm³/mol. The Labute approximate surface area is 132 Å². The van der Waals surface area contributed by atoms with Crippen molar-refractivity contribution in [1.29, 1.82) is 0 Å². The third kappa shape index (κ3) is 3.56. The summed E-state index contributed by atoms with van der Waals surface area (Å²) in [5, 5.41) is 10.8. The molecule has 0 aromatic carbocycles. The molecule has 1 heterocycles. The lowest BCUT2D eigenvalue weighted by Gasteiger charge is -2.34. The summed E-state index contributed by atoms with van der Waals surface area (Å²) in [7, 11) is -3.77. The molecule has 1 fully saturated rings. The van der Waals surface area contributed by atoms with Gasteiger partial charge in [0, 0.05) is 12.1 Å². The van der Waals surface area contributed by atoms with Gasteiger partial charge in [-0.3, -0.25) is 10.1 Å². The molecule has 0 saturated heterocycles. The van der Waals surface area contributed by atoms with E-state index in [0.717, 1.165) is 25.3 Å². The van der Waals surface area contributed by atoms with Crippen LogP contribution in [0.5, 0.6) is 0 Å². The van der Waals surface area contributed by atoms with Crippen LogP contribution in [0.2, 0.25) is 4.34 Å². The first-order valence-corrected chi connectivity index (χ1v) is 9.36. The van der Waals surface area contributed by atoms with Crippen LogP contribution in [0.4, 0.5) is 5.69 Å². The molecule has 1 aliphatic rings. The van der Waals surface area contributed by atoms with Gasteiger partial charge in [0.25, 0.3) is 15.7 Å². The Bertz CT molecular complexity index is 644. The SMILES string of the molecule is CC1CCCC(NS(=O)(=O)c2cc([N+](=O)[O-])c(Cl)s2)C1C. The minimum Gasteiger partial charge on any atom is -0.258 e. The molecule has 0 aliphatic heterocycles. The molecular weight excluding hydrogens is 336 g/mol. The van der Waals surface area contributed by atoms with Crippen molar-refractivity contribution in [3.63, 3.8) is 0 Å². The van der Waals surface area contributed by atoms with Gasteiger partial charge in [0.15, 0.2) is 4.34 Å². The standard InChI is InChI=1S/C12H17ClN2O4S2/c1-7-4-3-5-9(8(7)2)14-21(18,19)11-6-10(15(16)17)12(13)20-11/h6-9,14H,3-5H2,1-2H3. The van der Waals surface area contributed by atoms with Crippen LogP contribution in [0.1, 0.15) is 33.1 Å². The molecule has 3 atom stereocenters. The van der Waals surface area contributed by atoms with Crippen molar-refractivity contribution in [2.45, 2.75) is 43.4 Å². The van der Waals surface area contributed by atoms with Gasteiger partial charge in [-0.1, -0.05) is 38.3 Å². The maximum absolute atomic E-state index is 12.4. The molecule has 1 N–H and O–H groups in total. The van der Waals surface area contributed by atoms with Crippen LogP contribution in [0.3, 0.4) is 0 Å². The zero-order chi connectivity index (χ0) is 15.8. The first-order valence-electron chi connectivity index (χ1n) is 6.68. The number of hydrogen-bond acceptors (Lipinski definition) is 5. The number of nitro groups is 1. The molecule has 3 unspecified atom stereocenters. The maximum atomic E-state index is 12.4. The fourth-order valence-electron chi connectivity index (χ4n) is 2.60. The summed E-state index contributed by atoms with van der Waals surface area (Å²) in [5.41, 5.74) is -0.368. The molecule has 0 spiro atoms. The topological polar surface area (TPSA) is 89.3 Å². The summed E-state index contributed by atoms with van der Waals surface area (Å²) in [6.07, 6.45) is 2.85. The van der Waals surface area contributed by atoms with Gasteiger partial charge in [0.1, 0.15) is 4.21 Å². The van der Waals surface area contributed by atoms with E-state index in [2.05, 4.69) is 11.6 Å². The highest BCUT2D eigenvalue weighted by Gasteiger charge is 2.32. The summed E-state index contributed by atoms with van der Waals surface area (Å²) in [6.45, 7) is 4.14. The molecule has 1 aromatic heterocycles. The molecule has 0 bridgehead atoms. The van der Waals surface area contributed by atoms with Crippen molar-refractivity contribution >= 4 is 38.6 Å². The maximum Gasteiger partial charge on any atom is 0.300 e. The lowest BCUT2D eigenvalue weighted by Crippen LogP contribution is -2.43. The summed E-state index contributed by atoms with van der Waals surface area (Å²) in [6, 6.07) is 0.880. The van der Waals surface area contributed by atoms with E-state index < -0.39 is 14.9 Å². The van der Waals surface area contributed by atoms with E-state index >= 15 is 0 Å². The molecule has 6 nitrogen and oxygen atoms in total. The molecule has 0 amide bonds. The van der Waals surface area contributed by atoms with Crippen molar-refractivity contribution in [3.05, 3.63) is 20.5 Å². The number of hydrogen-bond donors (Lipinski definition) is 1. The fourth-order valence-corrected chi connectivity index (χ4v) is 5.64. The van der Waals surface area contributed by atoms with E-state index in [1.165, 1.54) is 0 Å². The van der Waals surface area contributed by atoms with Gasteiger partial charge in [-0.25, -0.2) is 13.1 Å². The van der Waals surface area contributed by atoms with E-state index in [4.69, 9.17) is 11.6 Å². The second-order valence-corrected chi connectivity index (χ2v) is 9.07. The van der Waals surface area contributed by atoms with Gasteiger partial charge in [-0.2, -0.15) is 0 Å². The number of thiophene rings is 1. The van der Waals surface area contributed by atoms with Gasteiger partial charge in [-0.05, 0) is 18.3 Å². The van der Waals surface area contributed by atoms with Crippen molar-refractivity contribution in [2.24, 2.45) is 11.8 Å². The highest BCUT2D eigenvalue weighted by molar-refractivity contribution is 7.91. The smallest absolute Gasteiger partial charge is 0.258 e. The minimum atomic E-state index is -3.77. The van der Waals surface area contributed by atoms with E-state index in [9.17, 15) is 18.5 Å². The molecule has 1 saturated carbocycles. The Balaban J connectivity index is 2.22. The highest BCUT2D eigenvalue weighted by atomic mass is 35.5. The lowest BCUT2D eigenvalue weighted by atomic mass is 9.78. The second kappa shape index (κ2) is 6.20. The van der Waals surface area contributed by atoms with Gasteiger partial charge >= 0.3 is 0 Å². The summed E-state index contributed by atoms with van der Waals surface area (Å²) < 4.78 is 27.2. The van der Waals surface area contributed by atoms with E-state index in [-0.39, 0.29) is 26.2 Å². The van der Waals surface area contributed by atoms with Crippen molar-refractivity contribution in [1.82, 2.24) is 4.72 Å². The molecular formula is C12H17ClN2O4S2. The average molecular weight is 353 g/mol. The molecule has 2 rings (SSSR count). The summed E-state index contributed by atoms with van der Waals surface area (Å²) in [5.74, 6) is 0.687. The lowest BCUT2D eigenvalue weighted by molar-refractivity contribution is -0.384. The second-order valence-electron chi connectivity index (χ2n) is 5.48. The van der Waals surface area contributed by atoms with Gasteiger partial charge in [0.05, 0.1) is 4.92 Å². The van der Waals surface area contributed by atoms with Gasteiger partial charge in [-0.15, -0.1) is 11.3 Å². The van der Waals surface area contributed by atoms with Crippen LogP contribution in [0, 0.1) is 22.0 Å². The molecule has 0 radical (unpaired) electrons. The Morgan fingerprint density at radius 2 is 2.10 bits per heavy atom. The van der Waals surface area contributed by atoms with E-state index in [1.807, 2.05) is 6.92 Å². The van der Waals surface area contributed by atoms with Crippen molar-refractivity contribution < 1.29 is 13.3 Å². The summed E-state index contributed by atoms with van der Waals surface area (Å²) in [4.78, 5) is 10.1. The van der Waals surface area contributed by atoms with Crippen LogP contribution in [-0.2, 0) is 10.0 Å². The average Bonchev–Trinajstić information content (AvgIpc) is 2.78. The third-order valence-electron chi connectivity index (χ3n) is 4.12. The van der Waals surface area contributed by atoms with Crippen LogP contribution >= 0.6 is 22.9 Å². The predicted octanol–water partition coefficient (Wildman–Crippen LogP) is 3.41. The van der Waals surface area contributed by atoms with Crippen LogP contribution in [0.15, 0.2) is 10.3 Å². The van der Waals surface area contributed by atoms with Crippen LogP contribution in [0.25, 0.3) is 0 Å². The summed E-state index contributed by atoms with van der Waals surface area (Å²) >= 11 is 6.44. The first kappa shape index (κ1) is 16.7. The number of rotatable bonds is 4. The first-order chi connectivity index (χ1) is 9.72. The van der Waals surface area contributed by atoms with Gasteiger partial charge in [0.2, 0.25) is 0 Å². The van der Waals surface area contributed by atoms with Crippen molar-refractivity contribution in [3.8, 4) is 0 Å². The Hall–Kier alpha value is -0.700.